The average molecular weight is 311 g/mol. The SMILES string of the molecule is CCS(=O)(=O)Nc1c(C)nn(Cc2ccccc2F)c1C. The van der Waals surface area contributed by atoms with Crippen LogP contribution in [0.3, 0.4) is 0 Å². The molecule has 2 rings (SSSR count). The van der Waals surface area contributed by atoms with Crippen LogP contribution < -0.4 is 4.72 Å². The number of halogens is 1. The van der Waals surface area contributed by atoms with Crippen molar-refractivity contribution in [2.24, 2.45) is 0 Å². The summed E-state index contributed by atoms with van der Waals surface area (Å²) in [4.78, 5) is 0. The number of rotatable bonds is 5. The molecular weight excluding hydrogens is 293 g/mol. The summed E-state index contributed by atoms with van der Waals surface area (Å²) in [6.07, 6.45) is 0. The first-order chi connectivity index (χ1) is 9.84. The Bertz CT molecular complexity index is 754. The van der Waals surface area contributed by atoms with E-state index in [0.717, 1.165) is 0 Å². The van der Waals surface area contributed by atoms with Crippen LogP contribution in [0.2, 0.25) is 0 Å². The molecule has 1 N–H and O–H groups in total. The normalized spacial score (nSPS) is 11.6. The van der Waals surface area contributed by atoms with E-state index >= 15 is 0 Å². The highest BCUT2D eigenvalue weighted by atomic mass is 32.2. The Morgan fingerprint density at radius 1 is 1.29 bits per heavy atom. The number of anilines is 1. The van der Waals surface area contributed by atoms with Gasteiger partial charge in [-0.3, -0.25) is 9.40 Å². The van der Waals surface area contributed by atoms with Crippen molar-refractivity contribution < 1.29 is 12.8 Å². The second-order valence-electron chi connectivity index (χ2n) is 4.80. The van der Waals surface area contributed by atoms with Gasteiger partial charge in [-0.05, 0) is 26.8 Å². The number of nitrogens with one attached hydrogen (secondary N) is 1. The van der Waals surface area contributed by atoms with Crippen LogP contribution in [-0.4, -0.2) is 24.0 Å². The van der Waals surface area contributed by atoms with Gasteiger partial charge in [0.05, 0.1) is 29.4 Å². The number of aryl methyl sites for hydroxylation is 1. The molecule has 0 saturated heterocycles. The Labute approximate surface area is 123 Å². The highest BCUT2D eigenvalue weighted by Gasteiger charge is 2.17. The summed E-state index contributed by atoms with van der Waals surface area (Å²) in [7, 11) is -3.36. The van der Waals surface area contributed by atoms with E-state index in [0.29, 0.717) is 22.6 Å². The number of hydrogen-bond acceptors (Lipinski definition) is 3. The number of hydrogen-bond donors (Lipinski definition) is 1. The first-order valence-corrected chi connectivity index (χ1v) is 8.27. The smallest absolute Gasteiger partial charge is 0.232 e. The molecule has 0 fully saturated rings. The summed E-state index contributed by atoms with van der Waals surface area (Å²) in [5.74, 6) is -0.314. The molecule has 0 spiro atoms. The molecule has 0 bridgehead atoms. The van der Waals surface area contributed by atoms with E-state index in [9.17, 15) is 12.8 Å². The van der Waals surface area contributed by atoms with Crippen molar-refractivity contribution in [1.82, 2.24) is 9.78 Å². The molecule has 2 aromatic rings. The van der Waals surface area contributed by atoms with Gasteiger partial charge in [0.2, 0.25) is 10.0 Å². The van der Waals surface area contributed by atoms with Gasteiger partial charge in [0.25, 0.3) is 0 Å². The molecule has 1 heterocycles. The maximum absolute atomic E-state index is 13.7. The zero-order valence-corrected chi connectivity index (χ0v) is 13.0. The van der Waals surface area contributed by atoms with E-state index in [1.165, 1.54) is 6.07 Å². The number of sulfonamides is 1. The van der Waals surface area contributed by atoms with Gasteiger partial charge >= 0.3 is 0 Å². The van der Waals surface area contributed by atoms with E-state index in [1.54, 1.807) is 43.7 Å². The lowest BCUT2D eigenvalue weighted by Crippen LogP contribution is -2.15. The zero-order valence-electron chi connectivity index (χ0n) is 12.2. The highest BCUT2D eigenvalue weighted by molar-refractivity contribution is 7.92. The predicted octanol–water partition coefficient (Wildman–Crippen LogP) is 2.45. The van der Waals surface area contributed by atoms with Crippen molar-refractivity contribution in [2.75, 3.05) is 10.5 Å². The third kappa shape index (κ3) is 3.41. The molecule has 114 valence electrons. The Morgan fingerprint density at radius 3 is 2.57 bits per heavy atom. The van der Waals surface area contributed by atoms with Gasteiger partial charge in [0.15, 0.2) is 0 Å². The average Bonchev–Trinajstić information content (AvgIpc) is 2.69. The fourth-order valence-corrected chi connectivity index (χ4v) is 2.76. The second kappa shape index (κ2) is 5.85. The lowest BCUT2D eigenvalue weighted by Gasteiger charge is -2.08. The minimum Gasteiger partial charge on any atom is -0.280 e. The van der Waals surface area contributed by atoms with Crippen molar-refractivity contribution in [3.05, 3.63) is 47.0 Å². The Balaban J connectivity index is 2.34. The van der Waals surface area contributed by atoms with Crippen LogP contribution in [0, 0.1) is 19.7 Å². The van der Waals surface area contributed by atoms with Gasteiger partial charge in [0.1, 0.15) is 5.82 Å². The Morgan fingerprint density at radius 2 is 1.95 bits per heavy atom. The van der Waals surface area contributed by atoms with Crippen LogP contribution in [0.5, 0.6) is 0 Å². The minimum absolute atomic E-state index is 0.00955. The summed E-state index contributed by atoms with van der Waals surface area (Å²) >= 11 is 0. The topological polar surface area (TPSA) is 64.0 Å². The summed E-state index contributed by atoms with van der Waals surface area (Å²) in [5.41, 5.74) is 2.20. The van der Waals surface area contributed by atoms with Gasteiger partial charge in [-0.2, -0.15) is 5.10 Å². The van der Waals surface area contributed by atoms with E-state index < -0.39 is 10.0 Å². The molecule has 0 aliphatic rings. The maximum atomic E-state index is 13.7. The van der Waals surface area contributed by atoms with Gasteiger partial charge < -0.3 is 0 Å². The molecular formula is C14H18FN3O2S. The van der Waals surface area contributed by atoms with Crippen molar-refractivity contribution >= 4 is 15.7 Å². The number of nitrogens with zero attached hydrogens (tertiary/aromatic N) is 2. The number of aromatic nitrogens is 2. The monoisotopic (exact) mass is 311 g/mol. The maximum Gasteiger partial charge on any atom is 0.232 e. The van der Waals surface area contributed by atoms with Crippen molar-refractivity contribution in [2.45, 2.75) is 27.3 Å². The van der Waals surface area contributed by atoms with Crippen molar-refractivity contribution in [3.8, 4) is 0 Å². The largest absolute Gasteiger partial charge is 0.280 e. The molecule has 21 heavy (non-hydrogen) atoms. The van der Waals surface area contributed by atoms with E-state index in [-0.39, 0.29) is 18.1 Å². The summed E-state index contributed by atoms with van der Waals surface area (Å²) < 4.78 is 41.2. The molecule has 0 amide bonds. The van der Waals surface area contributed by atoms with Gasteiger partial charge in [-0.25, -0.2) is 12.8 Å². The second-order valence-corrected chi connectivity index (χ2v) is 6.81. The van der Waals surface area contributed by atoms with Crippen LogP contribution in [0.25, 0.3) is 0 Å². The summed E-state index contributed by atoms with van der Waals surface area (Å²) in [6.45, 7) is 5.30. The zero-order chi connectivity index (χ0) is 15.6. The van der Waals surface area contributed by atoms with Gasteiger partial charge in [-0.1, -0.05) is 18.2 Å². The van der Waals surface area contributed by atoms with Crippen molar-refractivity contribution in [3.63, 3.8) is 0 Å². The van der Waals surface area contributed by atoms with E-state index in [1.807, 2.05) is 0 Å². The van der Waals surface area contributed by atoms with Crippen LogP contribution in [0.4, 0.5) is 10.1 Å². The molecule has 0 aliphatic heterocycles. The fraction of sp³-hybridized carbons (Fsp3) is 0.357. The Hall–Kier alpha value is -1.89. The lowest BCUT2D eigenvalue weighted by molar-refractivity contribution is 0.579. The molecule has 5 nitrogen and oxygen atoms in total. The quantitative estimate of drug-likeness (QED) is 0.922. The molecule has 0 saturated carbocycles. The van der Waals surface area contributed by atoms with Crippen LogP contribution >= 0.6 is 0 Å². The van der Waals surface area contributed by atoms with Gasteiger partial charge in [0, 0.05) is 5.56 Å². The molecule has 0 atom stereocenters. The fourth-order valence-electron chi connectivity index (χ4n) is 2.01. The molecule has 0 radical (unpaired) electrons. The van der Waals surface area contributed by atoms with Crippen LogP contribution in [0.1, 0.15) is 23.9 Å². The molecule has 7 heteroatoms. The predicted molar refractivity (Wildman–Crippen MR) is 80.3 cm³/mol. The summed E-state index contributed by atoms with van der Waals surface area (Å²) in [5, 5.41) is 4.29. The third-order valence-electron chi connectivity index (χ3n) is 3.30. The standard InChI is InChI=1S/C14H18FN3O2S/c1-4-21(19,20)17-14-10(2)16-18(11(14)3)9-12-7-5-6-8-13(12)15/h5-8,17H,4,9H2,1-3H3. The first-order valence-electron chi connectivity index (χ1n) is 6.62. The van der Waals surface area contributed by atoms with Crippen molar-refractivity contribution in [1.29, 1.82) is 0 Å². The summed E-state index contributed by atoms with van der Waals surface area (Å²) in [6, 6.07) is 6.45. The van der Waals surface area contributed by atoms with E-state index in [2.05, 4.69) is 9.82 Å². The number of benzene rings is 1. The Kier molecular flexibility index (Phi) is 4.32. The molecule has 1 aromatic carbocycles. The lowest BCUT2D eigenvalue weighted by atomic mass is 10.2. The van der Waals surface area contributed by atoms with E-state index in [4.69, 9.17) is 0 Å². The van der Waals surface area contributed by atoms with Crippen LogP contribution in [-0.2, 0) is 16.6 Å². The molecule has 1 aromatic heterocycles. The minimum atomic E-state index is -3.36. The van der Waals surface area contributed by atoms with Gasteiger partial charge in [-0.15, -0.1) is 0 Å². The first kappa shape index (κ1) is 15.5. The molecule has 0 unspecified atom stereocenters. The third-order valence-corrected chi connectivity index (χ3v) is 4.57. The highest BCUT2D eigenvalue weighted by Crippen LogP contribution is 2.22. The van der Waals surface area contributed by atoms with Crippen LogP contribution in [0.15, 0.2) is 24.3 Å². The molecule has 0 aliphatic carbocycles.